The Bertz CT molecular complexity index is 1530. The Labute approximate surface area is 210 Å². The highest BCUT2D eigenvalue weighted by Gasteiger charge is 2.20. The van der Waals surface area contributed by atoms with Crippen molar-refractivity contribution in [3.8, 4) is 22.3 Å². The molecule has 0 atom stereocenters. The molecule has 0 aliphatic carbocycles. The smallest absolute Gasteiger partial charge is 0.274 e. The van der Waals surface area contributed by atoms with E-state index in [-0.39, 0.29) is 11.0 Å². The zero-order valence-corrected chi connectivity index (χ0v) is 21.2. The largest absolute Gasteiger partial charge is 0.399 e. The van der Waals surface area contributed by atoms with Crippen LogP contribution in [0.3, 0.4) is 0 Å². The van der Waals surface area contributed by atoms with Gasteiger partial charge in [0, 0.05) is 42.3 Å². The topological polar surface area (TPSA) is 116 Å². The number of amides is 1. The fourth-order valence-corrected chi connectivity index (χ4v) is 4.29. The Balaban J connectivity index is 1.87. The Morgan fingerprint density at radius 1 is 1.00 bits per heavy atom. The minimum Gasteiger partial charge on any atom is -0.399 e. The molecule has 1 amide bonds. The first-order valence-corrected chi connectivity index (χ1v) is 11.7. The first-order valence-electron chi connectivity index (χ1n) is 11.7. The summed E-state index contributed by atoms with van der Waals surface area (Å²) in [5, 5.41) is 3.09. The van der Waals surface area contributed by atoms with Crippen LogP contribution in [-0.4, -0.2) is 15.5 Å². The van der Waals surface area contributed by atoms with Gasteiger partial charge >= 0.3 is 0 Å². The molecule has 5 N–H and O–H groups in total. The van der Waals surface area contributed by atoms with Crippen molar-refractivity contribution in [2.24, 2.45) is 12.8 Å². The summed E-state index contributed by atoms with van der Waals surface area (Å²) in [6.07, 6.45) is 3.38. The molecule has 0 bridgehead atoms. The monoisotopic (exact) mass is 481 g/mol. The van der Waals surface area contributed by atoms with Gasteiger partial charge in [0.15, 0.2) is 0 Å². The highest BCUT2D eigenvalue weighted by Crippen LogP contribution is 2.36. The second-order valence-electron chi connectivity index (χ2n) is 10.0. The zero-order chi connectivity index (χ0) is 26.2. The number of pyridine rings is 2. The number of rotatable bonds is 5. The number of carbonyl (C=O) groups excluding carboxylic acids is 1. The molecule has 0 saturated carbocycles. The average molecular weight is 482 g/mol. The molecule has 4 rings (SSSR count). The first kappa shape index (κ1) is 24.7. The number of hydrogen-bond acceptors (Lipinski definition) is 5. The quantitative estimate of drug-likeness (QED) is 0.365. The van der Waals surface area contributed by atoms with Crippen LogP contribution in [0.4, 0.5) is 17.2 Å². The van der Waals surface area contributed by atoms with Gasteiger partial charge in [0.05, 0.1) is 0 Å². The minimum atomic E-state index is -0.474. The molecule has 2 aromatic carbocycles. The molecule has 0 fully saturated rings. The Morgan fingerprint density at radius 2 is 1.72 bits per heavy atom. The van der Waals surface area contributed by atoms with Crippen molar-refractivity contribution in [2.45, 2.75) is 33.1 Å². The maximum Gasteiger partial charge on any atom is 0.274 e. The van der Waals surface area contributed by atoms with E-state index in [0.29, 0.717) is 22.8 Å². The number of anilines is 3. The second kappa shape index (κ2) is 9.34. The predicted octanol–water partition coefficient (Wildman–Crippen LogP) is 5.14. The third-order valence-electron chi connectivity index (χ3n) is 6.32. The van der Waals surface area contributed by atoms with Gasteiger partial charge < -0.3 is 21.4 Å². The lowest BCUT2D eigenvalue weighted by molar-refractivity contribution is 0.100. The van der Waals surface area contributed by atoms with Crippen molar-refractivity contribution in [2.75, 3.05) is 11.1 Å². The number of nitrogens with zero attached hydrogens (tertiary/aromatic N) is 2. The van der Waals surface area contributed by atoms with Crippen molar-refractivity contribution < 1.29 is 4.79 Å². The third kappa shape index (κ3) is 4.86. The summed E-state index contributed by atoms with van der Waals surface area (Å²) in [4.78, 5) is 29.4. The summed E-state index contributed by atoms with van der Waals surface area (Å²) >= 11 is 0. The highest BCUT2D eigenvalue weighted by atomic mass is 16.1. The molecule has 7 heteroatoms. The van der Waals surface area contributed by atoms with E-state index >= 15 is 0 Å². The molecule has 0 radical (unpaired) electrons. The van der Waals surface area contributed by atoms with E-state index in [9.17, 15) is 9.59 Å². The van der Waals surface area contributed by atoms with Gasteiger partial charge in [-0.05, 0) is 64.4 Å². The Hall–Kier alpha value is -4.39. The highest BCUT2D eigenvalue weighted by molar-refractivity contribution is 6.01. The molecular weight excluding hydrogens is 450 g/mol. The number of nitrogens with one attached hydrogen (secondary N) is 1. The number of nitrogens with two attached hydrogens (primary N) is 2. The summed E-state index contributed by atoms with van der Waals surface area (Å²) in [5.41, 5.74) is 18.3. The maximum absolute atomic E-state index is 12.9. The lowest BCUT2D eigenvalue weighted by Crippen LogP contribution is -2.19. The van der Waals surface area contributed by atoms with Crippen LogP contribution in [0.25, 0.3) is 22.3 Å². The summed E-state index contributed by atoms with van der Waals surface area (Å²) in [6, 6.07) is 16.9. The summed E-state index contributed by atoms with van der Waals surface area (Å²) in [6.45, 7) is 8.41. The van der Waals surface area contributed by atoms with Crippen LogP contribution in [0.5, 0.6) is 0 Å². The predicted molar refractivity (Wildman–Crippen MR) is 146 cm³/mol. The van der Waals surface area contributed by atoms with Gasteiger partial charge in [0.25, 0.3) is 5.56 Å². The molecule has 2 aromatic heterocycles. The normalized spacial score (nSPS) is 11.4. The standard InChI is InChI=1S/C29H31N5O2/c1-17-21(18-13-25(28(36)34(5)16-18)33-26-15-20(30)11-12-32-26)7-6-8-22(17)24-14-19(29(2,3)4)9-10-23(24)27(31)35/h6-16H,1-5H3,(H2,31,35)(H3,30,32,33). The summed E-state index contributed by atoms with van der Waals surface area (Å²) in [7, 11) is 1.71. The van der Waals surface area contributed by atoms with Crippen molar-refractivity contribution in [3.63, 3.8) is 0 Å². The van der Waals surface area contributed by atoms with E-state index in [1.807, 2.05) is 37.3 Å². The maximum atomic E-state index is 12.9. The van der Waals surface area contributed by atoms with E-state index in [2.05, 4.69) is 31.1 Å². The van der Waals surface area contributed by atoms with Crippen LogP contribution in [-0.2, 0) is 12.5 Å². The third-order valence-corrected chi connectivity index (χ3v) is 6.32. The SMILES string of the molecule is Cc1c(-c2cc(Nc3cc(N)ccn3)c(=O)n(C)c2)cccc1-c1cc(C(C)(C)C)ccc1C(N)=O. The van der Waals surface area contributed by atoms with E-state index in [4.69, 9.17) is 11.5 Å². The lowest BCUT2D eigenvalue weighted by Gasteiger charge is -2.22. The van der Waals surface area contributed by atoms with E-state index < -0.39 is 5.91 Å². The van der Waals surface area contributed by atoms with Crippen molar-refractivity contribution >= 4 is 23.1 Å². The second-order valence-corrected chi connectivity index (χ2v) is 10.0. The van der Waals surface area contributed by atoms with Crippen LogP contribution in [0, 0.1) is 6.92 Å². The number of aromatic nitrogens is 2. The number of hydrogen-bond donors (Lipinski definition) is 3. The van der Waals surface area contributed by atoms with Crippen LogP contribution >= 0.6 is 0 Å². The van der Waals surface area contributed by atoms with Gasteiger partial charge in [-0.1, -0.05) is 45.0 Å². The summed E-state index contributed by atoms with van der Waals surface area (Å²) < 4.78 is 1.53. The fraction of sp³-hybridized carbons (Fsp3) is 0.207. The Kier molecular flexibility index (Phi) is 6.41. The van der Waals surface area contributed by atoms with Crippen LogP contribution in [0.1, 0.15) is 42.3 Å². The molecule has 2 heterocycles. The van der Waals surface area contributed by atoms with Crippen molar-refractivity contribution in [1.82, 2.24) is 9.55 Å². The van der Waals surface area contributed by atoms with Gasteiger partial charge in [-0.15, -0.1) is 0 Å². The fourth-order valence-electron chi connectivity index (χ4n) is 4.29. The zero-order valence-electron chi connectivity index (χ0n) is 21.2. The van der Waals surface area contributed by atoms with Crippen LogP contribution in [0.15, 0.2) is 71.8 Å². The van der Waals surface area contributed by atoms with Gasteiger partial charge in [0.1, 0.15) is 11.5 Å². The van der Waals surface area contributed by atoms with E-state index in [1.54, 1.807) is 43.7 Å². The molecule has 0 aliphatic rings. The number of nitrogen functional groups attached to an aromatic ring is 1. The molecule has 36 heavy (non-hydrogen) atoms. The molecule has 7 nitrogen and oxygen atoms in total. The van der Waals surface area contributed by atoms with Gasteiger partial charge in [-0.25, -0.2) is 4.98 Å². The first-order chi connectivity index (χ1) is 17.0. The molecule has 4 aromatic rings. The lowest BCUT2D eigenvalue weighted by atomic mass is 9.82. The van der Waals surface area contributed by atoms with Gasteiger partial charge in [0.2, 0.25) is 5.91 Å². The van der Waals surface area contributed by atoms with Crippen LogP contribution in [0.2, 0.25) is 0 Å². The summed E-state index contributed by atoms with van der Waals surface area (Å²) in [5.74, 6) is 0.0123. The number of benzene rings is 2. The Morgan fingerprint density at radius 3 is 2.39 bits per heavy atom. The van der Waals surface area contributed by atoms with E-state index in [0.717, 1.165) is 33.4 Å². The number of aryl methyl sites for hydroxylation is 1. The molecule has 0 spiro atoms. The molecular formula is C29H31N5O2. The van der Waals surface area contributed by atoms with E-state index in [1.165, 1.54) is 4.57 Å². The van der Waals surface area contributed by atoms with Crippen molar-refractivity contribution in [3.05, 3.63) is 94.0 Å². The van der Waals surface area contributed by atoms with Gasteiger partial charge in [-0.3, -0.25) is 9.59 Å². The molecule has 0 aliphatic heterocycles. The number of carbonyl (C=O) groups is 1. The minimum absolute atomic E-state index is 0.0937. The van der Waals surface area contributed by atoms with Crippen molar-refractivity contribution in [1.29, 1.82) is 0 Å². The average Bonchev–Trinajstić information content (AvgIpc) is 2.81. The van der Waals surface area contributed by atoms with Crippen LogP contribution < -0.4 is 22.3 Å². The molecule has 184 valence electrons. The van der Waals surface area contributed by atoms with Gasteiger partial charge in [-0.2, -0.15) is 0 Å². The molecule has 0 saturated heterocycles. The number of primary amides is 1. The molecule has 0 unspecified atom stereocenters.